The average Bonchev–Trinajstić information content (AvgIpc) is 2.33. The molecule has 0 saturated carbocycles. The van der Waals surface area contributed by atoms with Gasteiger partial charge in [0.25, 0.3) is 5.91 Å². The minimum absolute atomic E-state index is 0.0246. The van der Waals surface area contributed by atoms with E-state index in [-0.39, 0.29) is 33.2 Å². The summed E-state index contributed by atoms with van der Waals surface area (Å²) in [4.78, 5) is 11.6. The standard InChI is InChI=1S/C11H14Cl2N2O4S/c1-6(19-2)5-15-11(16)7-3-10(20(14,17)18)9(13)4-8(7)12/h3-4,6H,5H2,1-2H3,(H,15,16)(H2,14,17,18). The van der Waals surface area contributed by atoms with Gasteiger partial charge in [0.1, 0.15) is 4.90 Å². The number of hydrogen-bond acceptors (Lipinski definition) is 4. The molecule has 0 heterocycles. The molecule has 0 spiro atoms. The molecule has 1 rings (SSSR count). The van der Waals surface area contributed by atoms with Crippen LogP contribution in [-0.2, 0) is 14.8 Å². The monoisotopic (exact) mass is 340 g/mol. The number of rotatable bonds is 5. The van der Waals surface area contributed by atoms with E-state index < -0.39 is 15.9 Å². The molecular formula is C11H14Cl2N2O4S. The highest BCUT2D eigenvalue weighted by Crippen LogP contribution is 2.27. The minimum atomic E-state index is -4.04. The van der Waals surface area contributed by atoms with Crippen molar-refractivity contribution >= 4 is 39.1 Å². The lowest BCUT2D eigenvalue weighted by Crippen LogP contribution is -2.32. The van der Waals surface area contributed by atoms with Gasteiger partial charge in [-0.15, -0.1) is 0 Å². The first-order chi connectivity index (χ1) is 9.16. The number of nitrogens with one attached hydrogen (secondary N) is 1. The van der Waals surface area contributed by atoms with Crippen LogP contribution in [0.2, 0.25) is 10.0 Å². The fourth-order valence-corrected chi connectivity index (χ4v) is 2.74. The number of ether oxygens (including phenoxy) is 1. The second kappa shape index (κ2) is 6.73. The zero-order valence-corrected chi connectivity index (χ0v) is 13.1. The smallest absolute Gasteiger partial charge is 0.252 e. The number of primary sulfonamides is 1. The number of benzene rings is 1. The third kappa shape index (κ3) is 4.32. The second-order valence-corrected chi connectivity index (χ2v) is 6.41. The van der Waals surface area contributed by atoms with Crippen LogP contribution in [0.1, 0.15) is 17.3 Å². The van der Waals surface area contributed by atoms with Crippen molar-refractivity contribution in [3.63, 3.8) is 0 Å². The summed E-state index contributed by atoms with van der Waals surface area (Å²) < 4.78 is 27.7. The van der Waals surface area contributed by atoms with Gasteiger partial charge < -0.3 is 10.1 Å². The summed E-state index contributed by atoms with van der Waals surface area (Å²) in [5.74, 6) is -0.541. The van der Waals surface area contributed by atoms with Crippen molar-refractivity contribution in [2.45, 2.75) is 17.9 Å². The molecular weight excluding hydrogens is 327 g/mol. The zero-order chi connectivity index (χ0) is 15.5. The second-order valence-electron chi connectivity index (χ2n) is 4.06. The molecule has 0 aliphatic heterocycles. The average molecular weight is 341 g/mol. The predicted molar refractivity (Wildman–Crippen MR) is 76.6 cm³/mol. The van der Waals surface area contributed by atoms with Crippen molar-refractivity contribution in [1.82, 2.24) is 5.32 Å². The summed E-state index contributed by atoms with van der Waals surface area (Å²) in [5, 5.41) is 7.47. The van der Waals surface area contributed by atoms with Crippen molar-refractivity contribution in [3.8, 4) is 0 Å². The first kappa shape index (κ1) is 17.2. The van der Waals surface area contributed by atoms with Crippen molar-refractivity contribution in [3.05, 3.63) is 27.7 Å². The van der Waals surface area contributed by atoms with Crippen LogP contribution < -0.4 is 10.5 Å². The predicted octanol–water partition coefficient (Wildman–Crippen LogP) is 1.41. The van der Waals surface area contributed by atoms with E-state index in [4.69, 9.17) is 33.1 Å². The van der Waals surface area contributed by atoms with Gasteiger partial charge >= 0.3 is 0 Å². The van der Waals surface area contributed by atoms with Crippen LogP contribution in [0.3, 0.4) is 0 Å². The number of amides is 1. The first-order valence-corrected chi connectivity index (χ1v) is 7.80. The zero-order valence-electron chi connectivity index (χ0n) is 10.8. The van der Waals surface area contributed by atoms with Gasteiger partial charge in [-0.3, -0.25) is 4.79 Å². The Balaban J connectivity index is 3.10. The minimum Gasteiger partial charge on any atom is -0.380 e. The molecule has 9 heteroatoms. The molecule has 112 valence electrons. The van der Waals surface area contributed by atoms with Crippen LogP contribution in [0.5, 0.6) is 0 Å². The highest BCUT2D eigenvalue weighted by atomic mass is 35.5. The van der Waals surface area contributed by atoms with Crippen LogP contribution in [0.4, 0.5) is 0 Å². The Morgan fingerprint density at radius 2 is 2.00 bits per heavy atom. The first-order valence-electron chi connectivity index (χ1n) is 5.49. The maximum atomic E-state index is 11.9. The molecule has 1 unspecified atom stereocenters. The van der Waals surface area contributed by atoms with Gasteiger partial charge in [-0.05, 0) is 19.1 Å². The van der Waals surface area contributed by atoms with E-state index in [0.717, 1.165) is 12.1 Å². The number of sulfonamides is 1. The highest BCUT2D eigenvalue weighted by molar-refractivity contribution is 7.89. The number of methoxy groups -OCH3 is 1. The molecule has 1 aromatic carbocycles. The van der Waals surface area contributed by atoms with Crippen molar-refractivity contribution in [2.24, 2.45) is 5.14 Å². The fourth-order valence-electron chi connectivity index (χ4n) is 1.34. The molecule has 6 nitrogen and oxygen atoms in total. The summed E-state index contributed by atoms with van der Waals surface area (Å²) in [5.41, 5.74) is -0.0246. The molecule has 0 aromatic heterocycles. The van der Waals surface area contributed by atoms with Crippen LogP contribution in [0, 0.1) is 0 Å². The van der Waals surface area contributed by atoms with E-state index in [1.807, 2.05) is 0 Å². The summed E-state index contributed by atoms with van der Waals surface area (Å²) in [6.45, 7) is 2.01. The quantitative estimate of drug-likeness (QED) is 0.846. The van der Waals surface area contributed by atoms with E-state index in [0.29, 0.717) is 0 Å². The lowest BCUT2D eigenvalue weighted by Gasteiger charge is -2.12. The van der Waals surface area contributed by atoms with Crippen LogP contribution in [-0.4, -0.2) is 34.1 Å². The van der Waals surface area contributed by atoms with Crippen LogP contribution in [0.25, 0.3) is 0 Å². The number of carbonyl (C=O) groups excluding carboxylic acids is 1. The van der Waals surface area contributed by atoms with Crippen molar-refractivity contribution < 1.29 is 17.9 Å². The molecule has 3 N–H and O–H groups in total. The van der Waals surface area contributed by atoms with Gasteiger partial charge in [-0.25, -0.2) is 13.6 Å². The van der Waals surface area contributed by atoms with Gasteiger partial charge in [-0.1, -0.05) is 23.2 Å². The third-order valence-electron chi connectivity index (χ3n) is 2.53. The molecule has 0 radical (unpaired) electrons. The molecule has 0 bridgehead atoms. The van der Waals surface area contributed by atoms with Crippen molar-refractivity contribution in [1.29, 1.82) is 0 Å². The van der Waals surface area contributed by atoms with Gasteiger partial charge in [-0.2, -0.15) is 0 Å². The molecule has 1 atom stereocenters. The Bertz CT molecular complexity index is 619. The van der Waals surface area contributed by atoms with E-state index in [1.54, 1.807) is 6.92 Å². The lowest BCUT2D eigenvalue weighted by atomic mass is 10.2. The Morgan fingerprint density at radius 1 is 1.40 bits per heavy atom. The highest BCUT2D eigenvalue weighted by Gasteiger charge is 2.20. The Morgan fingerprint density at radius 3 is 2.50 bits per heavy atom. The topological polar surface area (TPSA) is 98.5 Å². The van der Waals surface area contributed by atoms with Gasteiger partial charge in [0, 0.05) is 13.7 Å². The Labute approximate surface area is 127 Å². The summed E-state index contributed by atoms with van der Waals surface area (Å²) >= 11 is 11.6. The normalized spacial score (nSPS) is 13.1. The Hall–Kier alpha value is -0.860. The van der Waals surface area contributed by atoms with Crippen LogP contribution in [0.15, 0.2) is 17.0 Å². The number of halogens is 2. The number of carbonyl (C=O) groups is 1. The summed E-state index contributed by atoms with van der Waals surface area (Å²) in [7, 11) is -2.53. The molecule has 0 aliphatic carbocycles. The third-order valence-corrected chi connectivity index (χ3v) is 4.21. The molecule has 0 saturated heterocycles. The number of nitrogens with two attached hydrogens (primary N) is 1. The SMILES string of the molecule is COC(C)CNC(=O)c1cc(S(N)(=O)=O)c(Cl)cc1Cl. The Kier molecular flexibility index (Phi) is 5.79. The molecule has 1 aromatic rings. The van der Waals surface area contributed by atoms with E-state index in [2.05, 4.69) is 5.32 Å². The molecule has 1 amide bonds. The van der Waals surface area contributed by atoms with E-state index in [1.165, 1.54) is 7.11 Å². The maximum absolute atomic E-state index is 11.9. The van der Waals surface area contributed by atoms with Crippen molar-refractivity contribution in [2.75, 3.05) is 13.7 Å². The van der Waals surface area contributed by atoms with Gasteiger partial charge in [0.15, 0.2) is 0 Å². The largest absolute Gasteiger partial charge is 0.380 e. The summed E-state index contributed by atoms with van der Waals surface area (Å²) in [6, 6.07) is 2.21. The maximum Gasteiger partial charge on any atom is 0.252 e. The van der Waals surface area contributed by atoms with Gasteiger partial charge in [0.05, 0.1) is 21.7 Å². The lowest BCUT2D eigenvalue weighted by molar-refractivity contribution is 0.0870. The molecule has 0 aliphatic rings. The van der Waals surface area contributed by atoms with Gasteiger partial charge in [0.2, 0.25) is 10.0 Å². The number of hydrogen-bond donors (Lipinski definition) is 2. The molecule has 0 fully saturated rings. The van der Waals surface area contributed by atoms with E-state index >= 15 is 0 Å². The summed E-state index contributed by atoms with van der Waals surface area (Å²) in [6.07, 6.45) is -0.192. The fraction of sp³-hybridized carbons (Fsp3) is 0.364. The van der Waals surface area contributed by atoms with Crippen LogP contribution >= 0.6 is 23.2 Å². The van der Waals surface area contributed by atoms with E-state index in [9.17, 15) is 13.2 Å². The molecule has 20 heavy (non-hydrogen) atoms.